The maximum absolute atomic E-state index is 12.6. The number of rotatable bonds is 1. The standard InChI is InChI=1S/C9H8F2O/c1-6(10)4-7-2-3-9(12)8(11)5-7/h2-5,12H,1H3/b6-4+. The fourth-order valence-electron chi connectivity index (χ4n) is 0.843. The summed E-state index contributed by atoms with van der Waals surface area (Å²) < 4.78 is 24.9. The lowest BCUT2D eigenvalue weighted by molar-refractivity contribution is 0.432. The van der Waals surface area contributed by atoms with Crippen LogP contribution in [-0.2, 0) is 0 Å². The molecule has 0 heterocycles. The predicted octanol–water partition coefficient (Wildman–Crippen LogP) is 2.86. The second-order valence-corrected chi connectivity index (χ2v) is 2.44. The lowest BCUT2D eigenvalue weighted by Crippen LogP contribution is -1.78. The third kappa shape index (κ3) is 2.05. The molecular weight excluding hydrogens is 162 g/mol. The number of benzene rings is 1. The fraction of sp³-hybridized carbons (Fsp3) is 0.111. The van der Waals surface area contributed by atoms with Gasteiger partial charge in [0.2, 0.25) is 0 Å². The highest BCUT2D eigenvalue weighted by Crippen LogP contribution is 2.17. The first-order valence-corrected chi connectivity index (χ1v) is 3.42. The quantitative estimate of drug-likeness (QED) is 0.687. The highest BCUT2D eigenvalue weighted by molar-refractivity contribution is 5.52. The maximum atomic E-state index is 12.6. The summed E-state index contributed by atoms with van der Waals surface area (Å²) in [6.45, 7) is 1.27. The van der Waals surface area contributed by atoms with Gasteiger partial charge in [-0.1, -0.05) is 6.07 Å². The minimum atomic E-state index is -0.745. The van der Waals surface area contributed by atoms with Gasteiger partial charge in [0.1, 0.15) is 0 Å². The summed E-state index contributed by atoms with van der Waals surface area (Å²) in [5.41, 5.74) is 0.394. The molecule has 1 aromatic carbocycles. The summed E-state index contributed by atoms with van der Waals surface area (Å²) in [7, 11) is 0. The topological polar surface area (TPSA) is 20.2 Å². The molecule has 0 spiro atoms. The van der Waals surface area contributed by atoms with Crippen LogP contribution in [0.25, 0.3) is 6.08 Å². The van der Waals surface area contributed by atoms with Crippen molar-refractivity contribution in [3.05, 3.63) is 35.4 Å². The lowest BCUT2D eigenvalue weighted by atomic mass is 10.2. The first-order chi connectivity index (χ1) is 5.59. The van der Waals surface area contributed by atoms with Gasteiger partial charge in [-0.2, -0.15) is 0 Å². The van der Waals surface area contributed by atoms with E-state index >= 15 is 0 Å². The monoisotopic (exact) mass is 170 g/mol. The van der Waals surface area contributed by atoms with Crippen molar-refractivity contribution in [1.82, 2.24) is 0 Å². The highest BCUT2D eigenvalue weighted by Gasteiger charge is 1.99. The van der Waals surface area contributed by atoms with E-state index in [1.165, 1.54) is 25.1 Å². The largest absolute Gasteiger partial charge is 0.505 e. The van der Waals surface area contributed by atoms with Crippen LogP contribution in [0, 0.1) is 5.82 Å². The number of aromatic hydroxyl groups is 1. The Kier molecular flexibility index (Phi) is 2.43. The summed E-state index contributed by atoms with van der Waals surface area (Å²) in [5, 5.41) is 8.79. The first kappa shape index (κ1) is 8.71. The van der Waals surface area contributed by atoms with E-state index < -0.39 is 17.4 Å². The first-order valence-electron chi connectivity index (χ1n) is 3.42. The smallest absolute Gasteiger partial charge is 0.165 e. The van der Waals surface area contributed by atoms with Crippen molar-refractivity contribution in [2.75, 3.05) is 0 Å². The van der Waals surface area contributed by atoms with E-state index in [1.54, 1.807) is 0 Å². The Labute approximate surface area is 69.0 Å². The van der Waals surface area contributed by atoms with Crippen molar-refractivity contribution in [3.63, 3.8) is 0 Å². The summed E-state index contributed by atoms with van der Waals surface area (Å²) in [6.07, 6.45) is 1.18. The van der Waals surface area contributed by atoms with Gasteiger partial charge in [0.05, 0.1) is 5.83 Å². The van der Waals surface area contributed by atoms with Crippen LogP contribution in [0.4, 0.5) is 8.78 Å². The van der Waals surface area contributed by atoms with Gasteiger partial charge in [-0.25, -0.2) is 8.78 Å². The molecule has 1 N–H and O–H groups in total. The Morgan fingerprint density at radius 1 is 1.50 bits per heavy atom. The molecule has 64 valence electrons. The number of phenols is 1. The molecule has 0 fully saturated rings. The molecule has 0 amide bonds. The molecule has 0 aliphatic carbocycles. The molecule has 0 aliphatic heterocycles. The zero-order chi connectivity index (χ0) is 9.14. The van der Waals surface area contributed by atoms with Gasteiger partial charge in [0.25, 0.3) is 0 Å². The second kappa shape index (κ2) is 3.34. The Bertz CT molecular complexity index is 314. The molecule has 12 heavy (non-hydrogen) atoms. The van der Waals surface area contributed by atoms with Gasteiger partial charge in [0, 0.05) is 0 Å². The van der Waals surface area contributed by atoms with Crippen LogP contribution in [0.2, 0.25) is 0 Å². The van der Waals surface area contributed by atoms with Crippen LogP contribution in [0.1, 0.15) is 12.5 Å². The van der Waals surface area contributed by atoms with Crippen LogP contribution >= 0.6 is 0 Å². The van der Waals surface area contributed by atoms with Gasteiger partial charge in [-0.3, -0.25) is 0 Å². The minimum Gasteiger partial charge on any atom is -0.505 e. The number of hydrogen-bond acceptors (Lipinski definition) is 1. The van der Waals surface area contributed by atoms with Gasteiger partial charge in [-0.05, 0) is 30.7 Å². The molecule has 0 aliphatic rings. The van der Waals surface area contributed by atoms with Crippen LogP contribution < -0.4 is 0 Å². The van der Waals surface area contributed by atoms with Crippen LogP contribution in [0.3, 0.4) is 0 Å². The Balaban J connectivity index is 3.05. The molecule has 0 bridgehead atoms. The van der Waals surface area contributed by atoms with E-state index in [4.69, 9.17) is 5.11 Å². The molecular formula is C9H8F2O. The van der Waals surface area contributed by atoms with Crippen molar-refractivity contribution in [3.8, 4) is 5.75 Å². The minimum absolute atomic E-state index is 0.394. The Hall–Kier alpha value is -1.38. The van der Waals surface area contributed by atoms with Crippen molar-refractivity contribution < 1.29 is 13.9 Å². The van der Waals surface area contributed by atoms with Gasteiger partial charge >= 0.3 is 0 Å². The molecule has 0 saturated carbocycles. The molecule has 0 saturated heterocycles. The zero-order valence-corrected chi connectivity index (χ0v) is 6.51. The molecule has 0 aromatic heterocycles. The van der Waals surface area contributed by atoms with Gasteiger partial charge in [0.15, 0.2) is 11.6 Å². The van der Waals surface area contributed by atoms with Crippen molar-refractivity contribution in [2.24, 2.45) is 0 Å². The average molecular weight is 170 g/mol. The third-order valence-electron chi connectivity index (χ3n) is 1.34. The van der Waals surface area contributed by atoms with Crippen molar-refractivity contribution in [1.29, 1.82) is 0 Å². The fourth-order valence-corrected chi connectivity index (χ4v) is 0.843. The van der Waals surface area contributed by atoms with E-state index in [2.05, 4.69) is 0 Å². The molecule has 1 aromatic rings. The number of phenolic OH excluding ortho intramolecular Hbond substituents is 1. The van der Waals surface area contributed by atoms with Gasteiger partial charge in [-0.15, -0.1) is 0 Å². The molecule has 1 rings (SSSR count). The number of hydrogen-bond donors (Lipinski definition) is 1. The molecule has 1 nitrogen and oxygen atoms in total. The summed E-state index contributed by atoms with van der Waals surface area (Å²) in [6, 6.07) is 3.68. The maximum Gasteiger partial charge on any atom is 0.165 e. The van der Waals surface area contributed by atoms with Crippen LogP contribution in [-0.4, -0.2) is 5.11 Å². The van der Waals surface area contributed by atoms with E-state index in [9.17, 15) is 8.78 Å². The molecule has 0 radical (unpaired) electrons. The predicted molar refractivity (Wildman–Crippen MR) is 42.8 cm³/mol. The average Bonchev–Trinajstić information content (AvgIpc) is 1.96. The van der Waals surface area contributed by atoms with E-state index in [0.717, 1.165) is 6.07 Å². The van der Waals surface area contributed by atoms with Crippen LogP contribution in [0.15, 0.2) is 24.0 Å². The Morgan fingerprint density at radius 2 is 2.17 bits per heavy atom. The normalized spacial score (nSPS) is 11.8. The summed E-state index contributed by atoms with van der Waals surface area (Å²) >= 11 is 0. The lowest BCUT2D eigenvalue weighted by Gasteiger charge is -1.96. The van der Waals surface area contributed by atoms with Crippen molar-refractivity contribution >= 4 is 6.08 Å². The van der Waals surface area contributed by atoms with E-state index in [1.807, 2.05) is 0 Å². The number of halogens is 2. The molecule has 0 atom stereocenters. The SMILES string of the molecule is C/C(F)=C\c1ccc(O)c(F)c1. The highest BCUT2D eigenvalue weighted by atomic mass is 19.1. The molecule has 3 heteroatoms. The second-order valence-electron chi connectivity index (χ2n) is 2.44. The van der Waals surface area contributed by atoms with Crippen LogP contribution in [0.5, 0.6) is 5.75 Å². The Morgan fingerprint density at radius 3 is 2.67 bits per heavy atom. The number of allylic oxidation sites excluding steroid dienone is 1. The van der Waals surface area contributed by atoms with Gasteiger partial charge < -0.3 is 5.11 Å². The van der Waals surface area contributed by atoms with Crippen molar-refractivity contribution in [2.45, 2.75) is 6.92 Å². The van der Waals surface area contributed by atoms with E-state index in [0.29, 0.717) is 5.56 Å². The summed E-state index contributed by atoms with van der Waals surface area (Å²) in [5.74, 6) is -1.58. The molecule has 0 unspecified atom stereocenters. The summed E-state index contributed by atoms with van der Waals surface area (Å²) in [4.78, 5) is 0. The zero-order valence-electron chi connectivity index (χ0n) is 6.51. The van der Waals surface area contributed by atoms with E-state index in [-0.39, 0.29) is 0 Å². The third-order valence-corrected chi connectivity index (χ3v) is 1.34.